The zero-order valence-corrected chi connectivity index (χ0v) is 6.35. The van der Waals surface area contributed by atoms with E-state index in [2.05, 4.69) is 0 Å². The van der Waals surface area contributed by atoms with Crippen LogP contribution in [0.5, 0.6) is 0 Å². The number of hydrogen-bond acceptors (Lipinski definition) is 0. The third-order valence-corrected chi connectivity index (χ3v) is 1.75. The standard InChI is InChI=1S/C7H4ClF3/c1-3-2-4(9)6(10)7(11)5(3)8/h2H,1H3. The molecule has 0 saturated carbocycles. The average Bonchev–Trinajstić information content (AvgIpc) is 1.97. The largest absolute Gasteiger partial charge is 0.204 e. The van der Waals surface area contributed by atoms with Crippen LogP contribution in [0.2, 0.25) is 5.02 Å². The molecule has 1 rings (SSSR count). The molecule has 11 heavy (non-hydrogen) atoms. The van der Waals surface area contributed by atoms with Crippen LogP contribution in [0.25, 0.3) is 0 Å². The Morgan fingerprint density at radius 2 is 1.73 bits per heavy atom. The first-order valence-electron chi connectivity index (χ1n) is 2.83. The highest BCUT2D eigenvalue weighted by atomic mass is 35.5. The molecule has 0 heterocycles. The molecule has 0 fully saturated rings. The predicted molar refractivity (Wildman–Crippen MR) is 36.1 cm³/mol. The highest BCUT2D eigenvalue weighted by molar-refractivity contribution is 6.31. The summed E-state index contributed by atoms with van der Waals surface area (Å²) in [6.07, 6.45) is 0. The van der Waals surface area contributed by atoms with Gasteiger partial charge in [0.1, 0.15) is 0 Å². The molecule has 0 aliphatic rings. The Morgan fingerprint density at radius 1 is 1.18 bits per heavy atom. The molecule has 0 spiro atoms. The van der Waals surface area contributed by atoms with E-state index in [4.69, 9.17) is 11.6 Å². The van der Waals surface area contributed by atoms with Crippen molar-refractivity contribution >= 4 is 11.6 Å². The van der Waals surface area contributed by atoms with Gasteiger partial charge in [-0.2, -0.15) is 0 Å². The van der Waals surface area contributed by atoms with E-state index < -0.39 is 17.5 Å². The zero-order valence-electron chi connectivity index (χ0n) is 5.59. The molecule has 60 valence electrons. The van der Waals surface area contributed by atoms with E-state index in [1.165, 1.54) is 6.92 Å². The summed E-state index contributed by atoms with van der Waals surface area (Å²) >= 11 is 5.27. The maximum Gasteiger partial charge on any atom is 0.195 e. The summed E-state index contributed by atoms with van der Waals surface area (Å²) in [5, 5.41) is -0.371. The van der Waals surface area contributed by atoms with Gasteiger partial charge in [0.2, 0.25) is 0 Å². The molecule has 0 bridgehead atoms. The number of benzene rings is 1. The fraction of sp³-hybridized carbons (Fsp3) is 0.143. The lowest BCUT2D eigenvalue weighted by molar-refractivity contribution is 0.446. The summed E-state index contributed by atoms with van der Waals surface area (Å²) in [7, 11) is 0. The molecule has 4 heteroatoms. The first-order valence-corrected chi connectivity index (χ1v) is 3.21. The molecule has 0 saturated heterocycles. The van der Waals surface area contributed by atoms with Gasteiger partial charge in [0.15, 0.2) is 17.5 Å². The third kappa shape index (κ3) is 1.33. The van der Waals surface area contributed by atoms with Gasteiger partial charge in [-0.25, -0.2) is 13.2 Å². The molecule has 1 aromatic carbocycles. The quantitative estimate of drug-likeness (QED) is 0.425. The van der Waals surface area contributed by atoms with Crippen LogP contribution in [0, 0.1) is 24.4 Å². The highest BCUT2D eigenvalue weighted by Crippen LogP contribution is 2.23. The van der Waals surface area contributed by atoms with E-state index in [1.54, 1.807) is 0 Å². The van der Waals surface area contributed by atoms with Crippen LogP contribution < -0.4 is 0 Å². The van der Waals surface area contributed by atoms with Gasteiger partial charge < -0.3 is 0 Å². The van der Waals surface area contributed by atoms with E-state index in [1.807, 2.05) is 0 Å². The number of hydrogen-bond donors (Lipinski definition) is 0. The number of aryl methyl sites for hydroxylation is 1. The van der Waals surface area contributed by atoms with Crippen molar-refractivity contribution in [1.29, 1.82) is 0 Å². The first-order chi connectivity index (χ1) is 5.04. The second-order valence-corrected chi connectivity index (χ2v) is 2.50. The monoisotopic (exact) mass is 180 g/mol. The van der Waals surface area contributed by atoms with Gasteiger partial charge in [0.05, 0.1) is 5.02 Å². The molecular weight excluding hydrogens is 177 g/mol. The Balaban J connectivity index is 3.46. The molecule has 0 unspecified atom stereocenters. The molecule has 0 aliphatic heterocycles. The van der Waals surface area contributed by atoms with Crippen LogP contribution in [0.4, 0.5) is 13.2 Å². The normalized spacial score (nSPS) is 10.3. The highest BCUT2D eigenvalue weighted by Gasteiger charge is 2.14. The van der Waals surface area contributed by atoms with Crippen LogP contribution in [-0.4, -0.2) is 0 Å². The van der Waals surface area contributed by atoms with Gasteiger partial charge in [-0.05, 0) is 18.6 Å². The molecule has 0 radical (unpaired) electrons. The van der Waals surface area contributed by atoms with E-state index >= 15 is 0 Å². The molecule has 1 aromatic rings. The zero-order chi connectivity index (χ0) is 8.59. The van der Waals surface area contributed by atoms with Crippen molar-refractivity contribution in [1.82, 2.24) is 0 Å². The fourth-order valence-electron chi connectivity index (χ4n) is 0.691. The lowest BCUT2D eigenvalue weighted by Crippen LogP contribution is -1.93. The van der Waals surface area contributed by atoms with Gasteiger partial charge in [0, 0.05) is 0 Å². The molecule has 0 N–H and O–H groups in total. The Hall–Kier alpha value is -0.700. The van der Waals surface area contributed by atoms with Crippen LogP contribution in [0.3, 0.4) is 0 Å². The van der Waals surface area contributed by atoms with Gasteiger partial charge in [-0.1, -0.05) is 11.6 Å². The molecule has 0 aromatic heterocycles. The Morgan fingerprint density at radius 3 is 2.27 bits per heavy atom. The topological polar surface area (TPSA) is 0 Å². The summed E-state index contributed by atoms with van der Waals surface area (Å²) in [6, 6.07) is 0.848. The Bertz CT molecular complexity index is 270. The summed E-state index contributed by atoms with van der Waals surface area (Å²) in [4.78, 5) is 0. The smallest absolute Gasteiger partial charge is 0.195 e. The Labute approximate surface area is 66.6 Å². The molecule has 0 amide bonds. The van der Waals surface area contributed by atoms with Crippen molar-refractivity contribution in [3.63, 3.8) is 0 Å². The Kier molecular flexibility index (Phi) is 2.09. The van der Waals surface area contributed by atoms with Crippen molar-refractivity contribution in [2.75, 3.05) is 0 Å². The van der Waals surface area contributed by atoms with E-state index in [9.17, 15) is 13.2 Å². The molecule has 0 aliphatic carbocycles. The van der Waals surface area contributed by atoms with Gasteiger partial charge >= 0.3 is 0 Å². The van der Waals surface area contributed by atoms with E-state index in [0.717, 1.165) is 6.07 Å². The van der Waals surface area contributed by atoms with Gasteiger partial charge in [-0.15, -0.1) is 0 Å². The maximum atomic E-state index is 12.5. The van der Waals surface area contributed by atoms with Crippen LogP contribution in [-0.2, 0) is 0 Å². The van der Waals surface area contributed by atoms with Gasteiger partial charge in [0.25, 0.3) is 0 Å². The van der Waals surface area contributed by atoms with Crippen molar-refractivity contribution in [3.8, 4) is 0 Å². The first kappa shape index (κ1) is 8.40. The molecular formula is C7H4ClF3. The predicted octanol–water partition coefficient (Wildman–Crippen LogP) is 3.07. The molecule has 0 nitrogen and oxygen atoms in total. The minimum Gasteiger partial charge on any atom is -0.204 e. The summed E-state index contributed by atoms with van der Waals surface area (Å²) in [6.45, 7) is 1.40. The van der Waals surface area contributed by atoms with Crippen LogP contribution in [0.15, 0.2) is 6.07 Å². The van der Waals surface area contributed by atoms with Crippen molar-refractivity contribution in [2.45, 2.75) is 6.92 Å². The minimum absolute atomic E-state index is 0.183. The van der Waals surface area contributed by atoms with Gasteiger partial charge in [-0.3, -0.25) is 0 Å². The summed E-state index contributed by atoms with van der Waals surface area (Å²) < 4.78 is 37.2. The van der Waals surface area contributed by atoms with Crippen molar-refractivity contribution in [2.24, 2.45) is 0 Å². The van der Waals surface area contributed by atoms with Crippen LogP contribution in [0.1, 0.15) is 5.56 Å². The fourth-order valence-corrected chi connectivity index (χ4v) is 0.829. The maximum absolute atomic E-state index is 12.5. The number of rotatable bonds is 0. The average molecular weight is 181 g/mol. The second kappa shape index (κ2) is 2.74. The lowest BCUT2D eigenvalue weighted by atomic mass is 10.2. The van der Waals surface area contributed by atoms with Crippen LogP contribution >= 0.6 is 11.6 Å². The second-order valence-electron chi connectivity index (χ2n) is 2.12. The number of halogens is 4. The lowest BCUT2D eigenvalue weighted by Gasteiger charge is -2.00. The van der Waals surface area contributed by atoms with Crippen molar-refractivity contribution < 1.29 is 13.2 Å². The SMILES string of the molecule is Cc1cc(F)c(F)c(F)c1Cl. The third-order valence-electron chi connectivity index (χ3n) is 1.28. The summed E-state index contributed by atoms with van der Waals surface area (Å²) in [5.41, 5.74) is 0.183. The van der Waals surface area contributed by atoms with E-state index in [0.29, 0.717) is 0 Å². The minimum atomic E-state index is -1.53. The molecule has 0 atom stereocenters. The summed E-state index contributed by atoms with van der Waals surface area (Å²) in [5.74, 6) is -4.07. The van der Waals surface area contributed by atoms with E-state index in [-0.39, 0.29) is 10.6 Å². The van der Waals surface area contributed by atoms with Crippen molar-refractivity contribution in [3.05, 3.63) is 34.1 Å².